The molecule has 1 heterocycles. The average molecular weight is 274 g/mol. The van der Waals surface area contributed by atoms with Crippen molar-refractivity contribution in [1.29, 1.82) is 0 Å². The molecule has 0 radical (unpaired) electrons. The fourth-order valence-electron chi connectivity index (χ4n) is 2.74. The second-order valence-corrected chi connectivity index (χ2v) is 5.30. The molecule has 2 atom stereocenters. The van der Waals surface area contributed by atoms with Gasteiger partial charge in [-0.05, 0) is 31.9 Å². The molecular formula is C16H22N2O2. The van der Waals surface area contributed by atoms with E-state index in [1.807, 2.05) is 32.0 Å². The number of amides is 2. The summed E-state index contributed by atoms with van der Waals surface area (Å²) in [6.45, 7) is 6.06. The molecule has 0 spiro atoms. The van der Waals surface area contributed by atoms with Crippen LogP contribution in [-0.4, -0.2) is 23.9 Å². The van der Waals surface area contributed by atoms with Crippen molar-refractivity contribution in [2.45, 2.75) is 52.1 Å². The van der Waals surface area contributed by atoms with Crippen LogP contribution in [0.4, 0.5) is 5.69 Å². The van der Waals surface area contributed by atoms with Crippen molar-refractivity contribution >= 4 is 17.5 Å². The zero-order chi connectivity index (χ0) is 14.7. The van der Waals surface area contributed by atoms with E-state index in [0.717, 1.165) is 18.5 Å². The second kappa shape index (κ2) is 6.07. The Labute approximate surface area is 120 Å². The van der Waals surface area contributed by atoms with E-state index >= 15 is 0 Å². The molecule has 20 heavy (non-hydrogen) atoms. The summed E-state index contributed by atoms with van der Waals surface area (Å²) in [7, 11) is 0. The third-order valence-corrected chi connectivity index (χ3v) is 3.80. The quantitative estimate of drug-likeness (QED) is 0.917. The molecule has 2 rings (SSSR count). The molecular weight excluding hydrogens is 252 g/mol. The van der Waals surface area contributed by atoms with Crippen LogP contribution in [0.5, 0.6) is 0 Å². The zero-order valence-electron chi connectivity index (χ0n) is 12.3. The number of rotatable bonds is 4. The standard InChI is InChI=1S/C16H22N2O2/c1-4-8-11(3)18-14-10-7-6-9-12(14)15(19)17-13(5-2)16(18)20/h6-7,9-11,13H,4-5,8H2,1-3H3,(H,17,19). The summed E-state index contributed by atoms with van der Waals surface area (Å²) in [4.78, 5) is 26.8. The molecule has 0 fully saturated rings. The zero-order valence-corrected chi connectivity index (χ0v) is 12.3. The molecule has 4 nitrogen and oxygen atoms in total. The van der Waals surface area contributed by atoms with E-state index in [1.165, 1.54) is 0 Å². The Balaban J connectivity index is 2.51. The van der Waals surface area contributed by atoms with E-state index in [2.05, 4.69) is 12.2 Å². The fraction of sp³-hybridized carbons (Fsp3) is 0.500. The van der Waals surface area contributed by atoms with Crippen molar-refractivity contribution in [2.24, 2.45) is 0 Å². The van der Waals surface area contributed by atoms with Crippen molar-refractivity contribution in [1.82, 2.24) is 5.32 Å². The predicted molar refractivity (Wildman–Crippen MR) is 79.8 cm³/mol. The molecule has 2 amide bonds. The first-order valence-corrected chi connectivity index (χ1v) is 7.33. The van der Waals surface area contributed by atoms with Gasteiger partial charge in [-0.15, -0.1) is 0 Å². The van der Waals surface area contributed by atoms with Gasteiger partial charge in [0.05, 0.1) is 11.3 Å². The molecule has 0 saturated carbocycles. The summed E-state index contributed by atoms with van der Waals surface area (Å²) in [6, 6.07) is 7.00. The summed E-state index contributed by atoms with van der Waals surface area (Å²) in [5, 5.41) is 2.83. The van der Waals surface area contributed by atoms with Crippen molar-refractivity contribution in [2.75, 3.05) is 4.90 Å². The largest absolute Gasteiger partial charge is 0.340 e. The molecule has 0 saturated heterocycles. The van der Waals surface area contributed by atoms with Crippen LogP contribution in [0.2, 0.25) is 0 Å². The van der Waals surface area contributed by atoms with Crippen LogP contribution in [0.25, 0.3) is 0 Å². The Morgan fingerprint density at radius 3 is 2.60 bits per heavy atom. The number of hydrogen-bond acceptors (Lipinski definition) is 2. The first-order chi connectivity index (χ1) is 9.60. The van der Waals surface area contributed by atoms with Crippen LogP contribution in [0.15, 0.2) is 24.3 Å². The lowest BCUT2D eigenvalue weighted by atomic mass is 10.1. The highest BCUT2D eigenvalue weighted by molar-refractivity contribution is 6.11. The SMILES string of the molecule is CCCC(C)N1C(=O)C(CC)NC(=O)c2ccccc21. The molecule has 0 bridgehead atoms. The van der Waals surface area contributed by atoms with Gasteiger partial charge in [-0.2, -0.15) is 0 Å². The van der Waals surface area contributed by atoms with E-state index in [4.69, 9.17) is 0 Å². The number of hydrogen-bond donors (Lipinski definition) is 1. The van der Waals surface area contributed by atoms with Crippen LogP contribution in [0.3, 0.4) is 0 Å². The topological polar surface area (TPSA) is 49.4 Å². The van der Waals surface area contributed by atoms with E-state index in [1.54, 1.807) is 11.0 Å². The van der Waals surface area contributed by atoms with Crippen LogP contribution < -0.4 is 10.2 Å². The van der Waals surface area contributed by atoms with E-state index < -0.39 is 6.04 Å². The Bertz CT molecular complexity index is 513. The summed E-state index contributed by atoms with van der Waals surface area (Å²) >= 11 is 0. The molecule has 0 aromatic heterocycles. The maximum absolute atomic E-state index is 12.7. The fourth-order valence-corrected chi connectivity index (χ4v) is 2.74. The summed E-state index contributed by atoms with van der Waals surface area (Å²) < 4.78 is 0. The predicted octanol–water partition coefficient (Wildman–Crippen LogP) is 2.73. The van der Waals surface area contributed by atoms with Gasteiger partial charge in [0.15, 0.2) is 0 Å². The van der Waals surface area contributed by atoms with Crippen molar-refractivity contribution in [3.8, 4) is 0 Å². The second-order valence-electron chi connectivity index (χ2n) is 5.30. The Hall–Kier alpha value is -1.84. The highest BCUT2D eigenvalue weighted by Crippen LogP contribution is 2.27. The smallest absolute Gasteiger partial charge is 0.254 e. The molecule has 1 aliphatic rings. The first-order valence-electron chi connectivity index (χ1n) is 7.33. The number of nitrogens with one attached hydrogen (secondary N) is 1. The maximum atomic E-state index is 12.7. The number of nitrogens with zero attached hydrogens (tertiary/aromatic N) is 1. The molecule has 1 aromatic carbocycles. The minimum absolute atomic E-state index is 0.00764. The van der Waals surface area contributed by atoms with Crippen LogP contribution in [0.1, 0.15) is 50.4 Å². The van der Waals surface area contributed by atoms with Crippen molar-refractivity contribution in [3.63, 3.8) is 0 Å². The van der Waals surface area contributed by atoms with Gasteiger partial charge in [0.2, 0.25) is 5.91 Å². The van der Waals surface area contributed by atoms with Gasteiger partial charge in [0, 0.05) is 6.04 Å². The molecule has 2 unspecified atom stereocenters. The van der Waals surface area contributed by atoms with Gasteiger partial charge in [0.25, 0.3) is 5.91 Å². The minimum atomic E-state index is -0.436. The summed E-state index contributed by atoms with van der Waals surface area (Å²) in [5.41, 5.74) is 1.31. The molecule has 108 valence electrons. The first kappa shape index (κ1) is 14.6. The van der Waals surface area contributed by atoms with Crippen molar-refractivity contribution in [3.05, 3.63) is 29.8 Å². The Kier molecular flexibility index (Phi) is 4.42. The Morgan fingerprint density at radius 2 is 1.95 bits per heavy atom. The van der Waals surface area contributed by atoms with Gasteiger partial charge in [-0.1, -0.05) is 32.4 Å². The number of para-hydroxylation sites is 1. The highest BCUT2D eigenvalue weighted by atomic mass is 16.2. The molecule has 1 aromatic rings. The van der Waals surface area contributed by atoms with E-state index in [-0.39, 0.29) is 17.9 Å². The monoisotopic (exact) mass is 274 g/mol. The average Bonchev–Trinajstić information content (AvgIpc) is 2.55. The Morgan fingerprint density at radius 1 is 1.25 bits per heavy atom. The van der Waals surface area contributed by atoms with Gasteiger partial charge >= 0.3 is 0 Å². The third-order valence-electron chi connectivity index (χ3n) is 3.80. The lowest BCUT2D eigenvalue weighted by molar-refractivity contribution is -0.120. The van der Waals surface area contributed by atoms with Crippen LogP contribution in [-0.2, 0) is 4.79 Å². The van der Waals surface area contributed by atoms with Gasteiger partial charge < -0.3 is 10.2 Å². The molecule has 1 N–H and O–H groups in total. The molecule has 4 heteroatoms. The number of benzene rings is 1. The van der Waals surface area contributed by atoms with E-state index in [0.29, 0.717) is 12.0 Å². The maximum Gasteiger partial charge on any atom is 0.254 e. The van der Waals surface area contributed by atoms with Gasteiger partial charge in [-0.25, -0.2) is 0 Å². The van der Waals surface area contributed by atoms with Gasteiger partial charge in [0.1, 0.15) is 6.04 Å². The number of carbonyl (C=O) groups is 2. The lowest BCUT2D eigenvalue weighted by Gasteiger charge is -2.30. The number of carbonyl (C=O) groups excluding carboxylic acids is 2. The number of anilines is 1. The van der Waals surface area contributed by atoms with E-state index in [9.17, 15) is 9.59 Å². The summed E-state index contributed by atoms with van der Waals surface area (Å²) in [6.07, 6.45) is 2.53. The summed E-state index contributed by atoms with van der Waals surface area (Å²) in [5.74, 6) is -0.168. The number of fused-ring (bicyclic) bond motifs is 1. The van der Waals surface area contributed by atoms with Crippen LogP contribution >= 0.6 is 0 Å². The third kappa shape index (κ3) is 2.55. The molecule has 0 aliphatic carbocycles. The highest BCUT2D eigenvalue weighted by Gasteiger charge is 2.34. The lowest BCUT2D eigenvalue weighted by Crippen LogP contribution is -2.48. The van der Waals surface area contributed by atoms with Gasteiger partial charge in [-0.3, -0.25) is 9.59 Å². The molecule has 1 aliphatic heterocycles. The van der Waals surface area contributed by atoms with Crippen molar-refractivity contribution < 1.29 is 9.59 Å². The van der Waals surface area contributed by atoms with Crippen LogP contribution in [0, 0.1) is 0 Å². The minimum Gasteiger partial charge on any atom is -0.340 e. The normalized spacial score (nSPS) is 20.1.